The normalized spacial score (nSPS) is 11.5. The van der Waals surface area contributed by atoms with Gasteiger partial charge in [-0.1, -0.05) is 18.2 Å². The molecule has 0 saturated heterocycles. The van der Waals surface area contributed by atoms with E-state index in [9.17, 15) is 9.59 Å². The molecular weight excluding hydrogens is 300 g/mol. The number of methoxy groups -OCH3 is 1. The average molecular weight is 316 g/mol. The minimum atomic E-state index is -0.425. The smallest absolute Gasteiger partial charge is 0.337 e. The van der Waals surface area contributed by atoms with E-state index in [1.165, 1.54) is 18.9 Å². The van der Waals surface area contributed by atoms with Crippen molar-refractivity contribution in [3.8, 4) is 5.75 Å². The van der Waals surface area contributed by atoms with Crippen LogP contribution in [0.5, 0.6) is 5.75 Å². The molecule has 0 bridgehead atoms. The fourth-order valence-corrected chi connectivity index (χ4v) is 2.59. The summed E-state index contributed by atoms with van der Waals surface area (Å²) in [5.41, 5.74) is 0.411. The van der Waals surface area contributed by atoms with Gasteiger partial charge in [-0.2, -0.15) is 0 Å². The van der Waals surface area contributed by atoms with Crippen molar-refractivity contribution in [3.05, 3.63) is 60.2 Å². The number of rotatable bonds is 5. The molecule has 114 valence electrons. The molecule has 0 amide bonds. The number of thioether (sulfide) groups is 1. The average Bonchev–Trinajstić information content (AvgIpc) is 2.55. The number of ether oxygens (including phenoxy) is 2. The standard InChI is InChI=1S/C17H16O4S/c1-12(22-15-6-4-3-5-7-15)16(18)21-14-10-8-13(9-11-14)17(19)20-2/h3-12H,1-2H3. The zero-order valence-electron chi connectivity index (χ0n) is 12.3. The molecule has 5 heteroatoms. The third-order valence-corrected chi connectivity index (χ3v) is 3.97. The number of carbonyl (C=O) groups excluding carboxylic acids is 2. The molecule has 0 heterocycles. The fourth-order valence-electron chi connectivity index (χ4n) is 1.73. The molecule has 2 aromatic carbocycles. The van der Waals surface area contributed by atoms with E-state index in [1.54, 1.807) is 31.2 Å². The first-order chi connectivity index (χ1) is 10.6. The van der Waals surface area contributed by atoms with Gasteiger partial charge in [0.1, 0.15) is 11.0 Å². The van der Waals surface area contributed by atoms with E-state index >= 15 is 0 Å². The molecule has 0 aliphatic heterocycles. The zero-order chi connectivity index (χ0) is 15.9. The van der Waals surface area contributed by atoms with Gasteiger partial charge in [-0.3, -0.25) is 4.79 Å². The molecule has 1 unspecified atom stereocenters. The first kappa shape index (κ1) is 16.1. The van der Waals surface area contributed by atoms with E-state index in [0.717, 1.165) is 4.90 Å². The summed E-state index contributed by atoms with van der Waals surface area (Å²) in [7, 11) is 1.32. The van der Waals surface area contributed by atoms with E-state index in [0.29, 0.717) is 11.3 Å². The summed E-state index contributed by atoms with van der Waals surface area (Å²) in [5.74, 6) is -0.358. The lowest BCUT2D eigenvalue weighted by atomic mass is 10.2. The number of hydrogen-bond acceptors (Lipinski definition) is 5. The Labute approximate surface area is 133 Å². The predicted molar refractivity (Wildman–Crippen MR) is 85.2 cm³/mol. The van der Waals surface area contributed by atoms with E-state index in [-0.39, 0.29) is 11.2 Å². The van der Waals surface area contributed by atoms with Crippen LogP contribution in [0.4, 0.5) is 0 Å². The van der Waals surface area contributed by atoms with Crippen LogP contribution in [0.2, 0.25) is 0 Å². The highest BCUT2D eigenvalue weighted by Crippen LogP contribution is 2.24. The molecule has 2 aromatic rings. The maximum absolute atomic E-state index is 12.1. The highest BCUT2D eigenvalue weighted by Gasteiger charge is 2.17. The maximum atomic E-state index is 12.1. The summed E-state index contributed by atoms with van der Waals surface area (Å²) in [4.78, 5) is 24.4. The number of esters is 2. The monoisotopic (exact) mass is 316 g/mol. The lowest BCUT2D eigenvalue weighted by Gasteiger charge is -2.11. The molecular formula is C17H16O4S. The first-order valence-electron chi connectivity index (χ1n) is 6.72. The lowest BCUT2D eigenvalue weighted by Crippen LogP contribution is -2.19. The Morgan fingerprint density at radius 2 is 1.64 bits per heavy atom. The quantitative estimate of drug-likeness (QED) is 0.479. The minimum Gasteiger partial charge on any atom is -0.465 e. The molecule has 1 atom stereocenters. The van der Waals surface area contributed by atoms with Crippen LogP contribution in [0.1, 0.15) is 17.3 Å². The van der Waals surface area contributed by atoms with Crippen LogP contribution >= 0.6 is 11.8 Å². The Bertz CT molecular complexity index is 637. The molecule has 0 N–H and O–H groups in total. The summed E-state index contributed by atoms with van der Waals surface area (Å²) < 4.78 is 9.92. The van der Waals surface area contributed by atoms with Gasteiger partial charge in [-0.25, -0.2) is 4.79 Å². The van der Waals surface area contributed by atoms with E-state index in [2.05, 4.69) is 4.74 Å². The number of benzene rings is 2. The largest absolute Gasteiger partial charge is 0.465 e. The molecule has 0 fully saturated rings. The van der Waals surface area contributed by atoms with E-state index < -0.39 is 5.97 Å². The van der Waals surface area contributed by atoms with Crippen LogP contribution in [-0.2, 0) is 9.53 Å². The Hall–Kier alpha value is -2.27. The van der Waals surface area contributed by atoms with Crippen LogP contribution in [0.25, 0.3) is 0 Å². The van der Waals surface area contributed by atoms with Crippen molar-refractivity contribution >= 4 is 23.7 Å². The van der Waals surface area contributed by atoms with E-state index in [1.807, 2.05) is 30.3 Å². The van der Waals surface area contributed by atoms with Crippen LogP contribution in [-0.4, -0.2) is 24.3 Å². The highest BCUT2D eigenvalue weighted by atomic mass is 32.2. The summed E-state index contributed by atoms with van der Waals surface area (Å²) >= 11 is 1.43. The number of hydrogen-bond donors (Lipinski definition) is 0. The third kappa shape index (κ3) is 4.36. The second-order valence-electron chi connectivity index (χ2n) is 4.51. The minimum absolute atomic E-state index is 0.331. The van der Waals surface area contributed by atoms with Crippen LogP contribution in [0, 0.1) is 0 Å². The van der Waals surface area contributed by atoms with Gasteiger partial charge in [0, 0.05) is 4.90 Å². The SMILES string of the molecule is COC(=O)c1ccc(OC(=O)C(C)Sc2ccccc2)cc1. The second-order valence-corrected chi connectivity index (χ2v) is 5.92. The molecule has 0 radical (unpaired) electrons. The van der Waals surface area contributed by atoms with Gasteiger partial charge in [0.15, 0.2) is 0 Å². The fraction of sp³-hybridized carbons (Fsp3) is 0.176. The summed E-state index contributed by atoms with van der Waals surface area (Å²) in [6.07, 6.45) is 0. The maximum Gasteiger partial charge on any atom is 0.337 e. The van der Waals surface area contributed by atoms with Gasteiger partial charge in [-0.15, -0.1) is 11.8 Å². The molecule has 0 aliphatic carbocycles. The van der Waals surface area contributed by atoms with Crippen LogP contribution in [0.3, 0.4) is 0 Å². The molecule has 0 saturated carbocycles. The van der Waals surface area contributed by atoms with Gasteiger partial charge in [0.05, 0.1) is 12.7 Å². The topological polar surface area (TPSA) is 52.6 Å². The molecule has 4 nitrogen and oxygen atoms in total. The van der Waals surface area contributed by atoms with Gasteiger partial charge in [0.2, 0.25) is 0 Å². The van der Waals surface area contributed by atoms with Crippen molar-refractivity contribution in [1.82, 2.24) is 0 Å². The summed E-state index contributed by atoms with van der Waals surface area (Å²) in [6, 6.07) is 15.9. The van der Waals surface area contributed by atoms with Crippen molar-refractivity contribution in [3.63, 3.8) is 0 Å². The Morgan fingerprint density at radius 3 is 2.23 bits per heavy atom. The first-order valence-corrected chi connectivity index (χ1v) is 7.60. The highest BCUT2D eigenvalue weighted by molar-refractivity contribution is 8.00. The molecule has 2 rings (SSSR count). The zero-order valence-corrected chi connectivity index (χ0v) is 13.1. The van der Waals surface area contributed by atoms with Gasteiger partial charge < -0.3 is 9.47 Å². The van der Waals surface area contributed by atoms with Gasteiger partial charge >= 0.3 is 11.9 Å². The Morgan fingerprint density at radius 1 is 1.00 bits per heavy atom. The van der Waals surface area contributed by atoms with Crippen molar-refractivity contribution in [1.29, 1.82) is 0 Å². The predicted octanol–water partition coefficient (Wildman–Crippen LogP) is 3.56. The Kier molecular flexibility index (Phi) is 5.61. The molecule has 22 heavy (non-hydrogen) atoms. The van der Waals surface area contributed by atoms with Gasteiger partial charge in [0.25, 0.3) is 0 Å². The second kappa shape index (κ2) is 7.66. The number of carbonyl (C=O) groups is 2. The molecule has 0 spiro atoms. The van der Waals surface area contributed by atoms with Gasteiger partial charge in [-0.05, 0) is 43.3 Å². The Balaban J connectivity index is 1.95. The van der Waals surface area contributed by atoms with Crippen molar-refractivity contribution in [2.24, 2.45) is 0 Å². The molecule has 0 aromatic heterocycles. The molecule has 0 aliphatic rings. The summed E-state index contributed by atoms with van der Waals surface area (Å²) in [5, 5.41) is -0.331. The third-order valence-electron chi connectivity index (χ3n) is 2.88. The van der Waals surface area contributed by atoms with Crippen molar-refractivity contribution in [2.45, 2.75) is 17.1 Å². The van der Waals surface area contributed by atoms with E-state index in [4.69, 9.17) is 4.74 Å². The lowest BCUT2D eigenvalue weighted by molar-refractivity contribution is -0.133. The summed E-state index contributed by atoms with van der Waals surface area (Å²) in [6.45, 7) is 1.79. The van der Waals surface area contributed by atoms with Crippen molar-refractivity contribution in [2.75, 3.05) is 7.11 Å². The van der Waals surface area contributed by atoms with Crippen LogP contribution in [0.15, 0.2) is 59.5 Å². The van der Waals surface area contributed by atoms with Crippen LogP contribution < -0.4 is 4.74 Å². The van der Waals surface area contributed by atoms with Crippen molar-refractivity contribution < 1.29 is 19.1 Å².